The molecule has 0 fully saturated rings. The predicted molar refractivity (Wildman–Crippen MR) is 93.0 cm³/mol. The van der Waals surface area contributed by atoms with Crippen molar-refractivity contribution in [2.24, 2.45) is 0 Å². The molecule has 20 heavy (non-hydrogen) atoms. The molecule has 0 bridgehead atoms. The molecule has 1 nitrogen and oxygen atoms in total. The third-order valence-corrected chi connectivity index (χ3v) is 4.15. The van der Waals surface area contributed by atoms with Crippen LogP contribution in [-0.4, -0.2) is 0 Å². The lowest BCUT2D eigenvalue weighted by molar-refractivity contribution is 0.556. The number of benzene rings is 1. The molecule has 0 radical (unpaired) electrons. The van der Waals surface area contributed by atoms with Gasteiger partial charge < -0.3 is 17.5 Å². The molecule has 1 N–H and O–H groups in total. The van der Waals surface area contributed by atoms with Crippen LogP contribution >= 0.6 is 0 Å². The van der Waals surface area contributed by atoms with Crippen LogP contribution < -0.4 is 4.72 Å². The van der Waals surface area contributed by atoms with E-state index in [1.807, 2.05) is 6.07 Å². The van der Waals surface area contributed by atoms with Gasteiger partial charge in [-0.2, -0.15) is 0 Å². The number of nitrogens with one attached hydrogen (secondary N) is 1. The minimum Gasteiger partial charge on any atom is -0.670 e. The molecule has 1 aromatic rings. The fraction of sp³-hybridized carbons (Fsp3) is 0.667. The molecule has 0 heterocycles. The molecule has 1 rings (SSSR count). The highest BCUT2D eigenvalue weighted by Crippen LogP contribution is 2.18. The highest BCUT2D eigenvalue weighted by molar-refractivity contribution is 7.60. The van der Waals surface area contributed by atoms with Crippen molar-refractivity contribution >= 4 is 18.5 Å². The van der Waals surface area contributed by atoms with E-state index >= 15 is 0 Å². The Kier molecular flexibility index (Phi) is 10.6. The number of para-hydroxylation sites is 1. The van der Waals surface area contributed by atoms with Crippen molar-refractivity contribution < 1.29 is 0 Å². The molecular weight excluding hydrogens is 262 g/mol. The smallest absolute Gasteiger partial charge is 0.0150 e. The number of hydrogen-bond acceptors (Lipinski definition) is 2. The molecule has 0 aliphatic carbocycles. The molecule has 0 spiro atoms. The molecular formula is C18H30NS-. The SMILES string of the molecule is CCCCCCCCCCCCc1ccccc1N[S-]. The van der Waals surface area contributed by atoms with Crippen LogP contribution in [0.25, 0.3) is 0 Å². The van der Waals surface area contributed by atoms with Gasteiger partial charge in [-0.25, -0.2) is 0 Å². The first kappa shape index (κ1) is 17.4. The van der Waals surface area contributed by atoms with E-state index in [9.17, 15) is 0 Å². The summed E-state index contributed by atoms with van der Waals surface area (Å²) in [7, 11) is 0. The molecule has 2 heteroatoms. The predicted octanol–water partition coefficient (Wildman–Crippen LogP) is 6.02. The summed E-state index contributed by atoms with van der Waals surface area (Å²) >= 11 is 4.94. The Hall–Kier alpha value is -0.630. The van der Waals surface area contributed by atoms with Gasteiger partial charge in [0.2, 0.25) is 0 Å². The van der Waals surface area contributed by atoms with Gasteiger partial charge in [0.1, 0.15) is 0 Å². The zero-order valence-corrected chi connectivity index (χ0v) is 13.8. The van der Waals surface area contributed by atoms with Gasteiger partial charge in [0, 0.05) is 5.69 Å². The summed E-state index contributed by atoms with van der Waals surface area (Å²) in [4.78, 5) is 0. The zero-order valence-electron chi connectivity index (χ0n) is 13.0. The van der Waals surface area contributed by atoms with Gasteiger partial charge >= 0.3 is 0 Å². The third kappa shape index (κ3) is 7.84. The van der Waals surface area contributed by atoms with Crippen molar-refractivity contribution in [2.45, 2.75) is 77.6 Å². The number of aryl methyl sites for hydroxylation is 1. The summed E-state index contributed by atoms with van der Waals surface area (Å²) in [6.45, 7) is 2.28. The van der Waals surface area contributed by atoms with Gasteiger partial charge in [0.05, 0.1) is 0 Å². The molecule has 0 saturated heterocycles. The molecule has 0 aliphatic rings. The minimum atomic E-state index is 1.11. The largest absolute Gasteiger partial charge is 0.670 e. The van der Waals surface area contributed by atoms with Gasteiger partial charge in [0.15, 0.2) is 0 Å². The fourth-order valence-electron chi connectivity index (χ4n) is 2.64. The van der Waals surface area contributed by atoms with E-state index in [-0.39, 0.29) is 0 Å². The lowest BCUT2D eigenvalue weighted by Crippen LogP contribution is -1.94. The highest BCUT2D eigenvalue weighted by atomic mass is 32.1. The monoisotopic (exact) mass is 292 g/mol. The Bertz CT molecular complexity index is 338. The van der Waals surface area contributed by atoms with Gasteiger partial charge in [0.25, 0.3) is 0 Å². The van der Waals surface area contributed by atoms with Gasteiger partial charge in [-0.15, -0.1) is 0 Å². The maximum absolute atomic E-state index is 4.94. The van der Waals surface area contributed by atoms with Crippen LogP contribution in [0.4, 0.5) is 5.69 Å². The molecule has 0 atom stereocenters. The normalized spacial score (nSPS) is 10.7. The summed E-state index contributed by atoms with van der Waals surface area (Å²) < 4.78 is 2.86. The number of unbranched alkanes of at least 4 members (excludes halogenated alkanes) is 9. The van der Waals surface area contributed by atoms with Crippen LogP contribution in [0.2, 0.25) is 0 Å². The third-order valence-electron chi connectivity index (χ3n) is 3.93. The molecule has 114 valence electrons. The Morgan fingerprint density at radius 1 is 0.800 bits per heavy atom. The second kappa shape index (κ2) is 12.1. The maximum atomic E-state index is 4.94. The molecule has 1 aromatic carbocycles. The quantitative estimate of drug-likeness (QED) is 0.373. The lowest BCUT2D eigenvalue weighted by Gasteiger charge is -2.15. The summed E-state index contributed by atoms with van der Waals surface area (Å²) in [6, 6.07) is 8.39. The van der Waals surface area contributed by atoms with E-state index in [1.165, 1.54) is 69.8 Å². The Morgan fingerprint density at radius 2 is 1.35 bits per heavy atom. The van der Waals surface area contributed by atoms with Crippen molar-refractivity contribution in [1.29, 1.82) is 0 Å². The zero-order chi connectivity index (χ0) is 14.5. The number of rotatable bonds is 12. The number of anilines is 1. The topological polar surface area (TPSA) is 12.0 Å². The van der Waals surface area contributed by atoms with Gasteiger partial charge in [-0.3, -0.25) is 0 Å². The van der Waals surface area contributed by atoms with Crippen LogP contribution in [-0.2, 0) is 19.2 Å². The molecule has 0 aliphatic heterocycles. The summed E-state index contributed by atoms with van der Waals surface area (Å²) in [5.74, 6) is 0. The molecule has 0 aromatic heterocycles. The average molecular weight is 293 g/mol. The average Bonchev–Trinajstić information content (AvgIpc) is 2.49. The second-order valence-corrected chi connectivity index (χ2v) is 5.90. The minimum absolute atomic E-state index is 1.11. The standard InChI is InChI=1S/C18H30NS/c1-2-3-4-5-6-7-8-9-10-11-14-17-15-12-13-16-18(17)19-20/h12-13,15-16,19H,2-11,14H2,1H3/q-1. The van der Waals surface area contributed by atoms with Crippen LogP contribution in [0.15, 0.2) is 24.3 Å². The number of hydrogen-bond donors (Lipinski definition) is 1. The van der Waals surface area contributed by atoms with E-state index < -0.39 is 0 Å². The first-order valence-corrected chi connectivity index (χ1v) is 8.75. The van der Waals surface area contributed by atoms with Crippen LogP contribution in [0.5, 0.6) is 0 Å². The summed E-state index contributed by atoms with van der Waals surface area (Å²) in [5.41, 5.74) is 2.47. The van der Waals surface area contributed by atoms with Crippen LogP contribution in [0.3, 0.4) is 0 Å². The van der Waals surface area contributed by atoms with Crippen molar-refractivity contribution in [3.05, 3.63) is 29.8 Å². The van der Waals surface area contributed by atoms with Crippen LogP contribution in [0, 0.1) is 0 Å². The van der Waals surface area contributed by atoms with Gasteiger partial charge in [-0.05, 0) is 24.5 Å². The summed E-state index contributed by atoms with van der Waals surface area (Å²) in [6.07, 6.45) is 15.1. The molecule has 0 saturated carbocycles. The second-order valence-electron chi connectivity index (χ2n) is 5.69. The summed E-state index contributed by atoms with van der Waals surface area (Å²) in [5, 5.41) is 0. The van der Waals surface area contributed by atoms with E-state index in [2.05, 4.69) is 29.8 Å². The molecule has 0 amide bonds. The molecule has 0 unspecified atom stereocenters. The van der Waals surface area contributed by atoms with Crippen molar-refractivity contribution in [3.8, 4) is 0 Å². The van der Waals surface area contributed by atoms with E-state index in [0.29, 0.717) is 0 Å². The van der Waals surface area contributed by atoms with E-state index in [4.69, 9.17) is 12.8 Å². The Labute approximate surface area is 131 Å². The first-order chi connectivity index (χ1) is 9.88. The highest BCUT2D eigenvalue weighted by Gasteiger charge is 1.98. The van der Waals surface area contributed by atoms with Crippen molar-refractivity contribution in [3.63, 3.8) is 0 Å². The first-order valence-electron chi connectivity index (χ1n) is 8.34. The Morgan fingerprint density at radius 3 is 1.95 bits per heavy atom. The van der Waals surface area contributed by atoms with Crippen molar-refractivity contribution in [2.75, 3.05) is 4.72 Å². The fourth-order valence-corrected chi connectivity index (χ4v) is 2.84. The van der Waals surface area contributed by atoms with Crippen molar-refractivity contribution in [1.82, 2.24) is 0 Å². The van der Waals surface area contributed by atoms with Crippen LogP contribution in [0.1, 0.15) is 76.7 Å². The van der Waals surface area contributed by atoms with Gasteiger partial charge in [-0.1, -0.05) is 82.9 Å². The van der Waals surface area contributed by atoms with E-state index in [0.717, 1.165) is 12.1 Å². The van der Waals surface area contributed by atoms with E-state index in [1.54, 1.807) is 0 Å². The maximum Gasteiger partial charge on any atom is 0.0150 e. The lowest BCUT2D eigenvalue weighted by atomic mass is 10.0. The Balaban J connectivity index is 1.97.